The maximum Gasteiger partial charge on any atom is 0.224 e. The molecule has 0 radical (unpaired) electrons. The van der Waals surface area contributed by atoms with E-state index in [0.717, 1.165) is 37.4 Å². The van der Waals surface area contributed by atoms with Crippen LogP contribution in [0.1, 0.15) is 38.5 Å². The van der Waals surface area contributed by atoms with Crippen LogP contribution in [0.3, 0.4) is 0 Å². The lowest BCUT2D eigenvalue weighted by atomic mass is 9.80. The first-order valence-corrected chi connectivity index (χ1v) is 7.50. The van der Waals surface area contributed by atoms with E-state index in [0.29, 0.717) is 6.42 Å². The summed E-state index contributed by atoms with van der Waals surface area (Å²) in [5.41, 5.74) is 6.12. The van der Waals surface area contributed by atoms with Gasteiger partial charge in [0, 0.05) is 36.6 Å². The van der Waals surface area contributed by atoms with E-state index >= 15 is 0 Å². The van der Waals surface area contributed by atoms with Crippen LogP contribution in [0.4, 0.5) is 0 Å². The van der Waals surface area contributed by atoms with Crippen molar-refractivity contribution in [3.8, 4) is 0 Å². The highest BCUT2D eigenvalue weighted by Crippen LogP contribution is 2.29. The molecule has 1 aliphatic heterocycles. The summed E-state index contributed by atoms with van der Waals surface area (Å²) in [6, 6.07) is 0. The fourth-order valence-corrected chi connectivity index (χ4v) is 3.56. The zero-order chi connectivity index (χ0) is 11.4. The number of amides is 1. The topological polar surface area (TPSA) is 46.3 Å². The summed E-state index contributed by atoms with van der Waals surface area (Å²) in [6.07, 6.45) is 6.30. The Morgan fingerprint density at radius 2 is 1.81 bits per heavy atom. The Labute approximate surface area is 102 Å². The Morgan fingerprint density at radius 1 is 1.19 bits per heavy atom. The number of rotatable bonds is 2. The van der Waals surface area contributed by atoms with Crippen molar-refractivity contribution in [2.24, 2.45) is 5.73 Å². The molecule has 0 aromatic heterocycles. The molecular weight excluding hydrogens is 220 g/mol. The van der Waals surface area contributed by atoms with E-state index in [1.165, 1.54) is 19.3 Å². The van der Waals surface area contributed by atoms with Crippen molar-refractivity contribution in [2.45, 2.75) is 44.1 Å². The number of hydrogen-bond acceptors (Lipinski definition) is 3. The Balaban J connectivity index is 1.85. The van der Waals surface area contributed by atoms with Gasteiger partial charge in [-0.25, -0.2) is 0 Å². The first-order valence-electron chi connectivity index (χ1n) is 6.34. The first-order chi connectivity index (χ1) is 7.70. The number of carbonyl (C=O) groups is 1. The van der Waals surface area contributed by atoms with Gasteiger partial charge in [0.25, 0.3) is 0 Å². The molecule has 16 heavy (non-hydrogen) atoms. The molecule has 2 aliphatic rings. The number of nitrogens with zero attached hydrogens (tertiary/aromatic N) is 1. The minimum Gasteiger partial charge on any atom is -0.341 e. The minimum atomic E-state index is -0.195. The number of nitrogens with two attached hydrogens (primary N) is 1. The van der Waals surface area contributed by atoms with Gasteiger partial charge in [-0.15, -0.1) is 0 Å². The monoisotopic (exact) mass is 242 g/mol. The molecule has 0 aromatic rings. The molecule has 1 heterocycles. The molecule has 2 N–H and O–H groups in total. The third-order valence-corrected chi connectivity index (χ3v) is 4.66. The third-order valence-electron chi connectivity index (χ3n) is 3.72. The quantitative estimate of drug-likeness (QED) is 0.800. The molecule has 92 valence electrons. The van der Waals surface area contributed by atoms with Crippen molar-refractivity contribution in [1.29, 1.82) is 0 Å². The maximum atomic E-state index is 12.1. The summed E-state index contributed by atoms with van der Waals surface area (Å²) in [7, 11) is 0. The van der Waals surface area contributed by atoms with Crippen LogP contribution in [0.2, 0.25) is 0 Å². The van der Waals surface area contributed by atoms with E-state index in [-0.39, 0.29) is 11.4 Å². The second-order valence-electron chi connectivity index (χ2n) is 5.09. The van der Waals surface area contributed by atoms with Gasteiger partial charge in [0.15, 0.2) is 0 Å². The molecular formula is C12H22N2OS. The zero-order valence-electron chi connectivity index (χ0n) is 9.91. The van der Waals surface area contributed by atoms with E-state index in [9.17, 15) is 4.79 Å². The molecule has 1 amide bonds. The zero-order valence-corrected chi connectivity index (χ0v) is 10.7. The Morgan fingerprint density at radius 3 is 2.44 bits per heavy atom. The largest absolute Gasteiger partial charge is 0.341 e. The van der Waals surface area contributed by atoms with Crippen LogP contribution in [-0.2, 0) is 4.79 Å². The van der Waals surface area contributed by atoms with Crippen molar-refractivity contribution in [2.75, 3.05) is 24.6 Å². The Kier molecular flexibility index (Phi) is 4.14. The fraction of sp³-hybridized carbons (Fsp3) is 0.917. The Hall–Kier alpha value is -0.220. The van der Waals surface area contributed by atoms with Crippen molar-refractivity contribution in [1.82, 2.24) is 4.90 Å². The second-order valence-corrected chi connectivity index (χ2v) is 6.32. The van der Waals surface area contributed by atoms with Crippen LogP contribution < -0.4 is 5.73 Å². The number of carbonyl (C=O) groups excluding carboxylic acids is 1. The van der Waals surface area contributed by atoms with E-state index in [2.05, 4.69) is 0 Å². The molecule has 0 unspecified atom stereocenters. The highest BCUT2D eigenvalue weighted by molar-refractivity contribution is 7.99. The lowest BCUT2D eigenvalue weighted by Crippen LogP contribution is -2.48. The molecule has 3 nitrogen and oxygen atoms in total. The predicted octanol–water partition coefficient (Wildman–Crippen LogP) is 1.61. The summed E-state index contributed by atoms with van der Waals surface area (Å²) in [6.45, 7) is 1.83. The van der Waals surface area contributed by atoms with Gasteiger partial charge < -0.3 is 10.6 Å². The third kappa shape index (κ3) is 3.14. The lowest BCUT2D eigenvalue weighted by molar-refractivity contribution is -0.132. The number of hydrogen-bond donors (Lipinski definition) is 1. The molecule has 2 fully saturated rings. The molecule has 4 heteroatoms. The maximum absolute atomic E-state index is 12.1. The van der Waals surface area contributed by atoms with Gasteiger partial charge in [-0.1, -0.05) is 19.3 Å². The predicted molar refractivity (Wildman–Crippen MR) is 68.5 cm³/mol. The van der Waals surface area contributed by atoms with Gasteiger partial charge in [-0.05, 0) is 12.8 Å². The van der Waals surface area contributed by atoms with Gasteiger partial charge in [-0.2, -0.15) is 11.8 Å². The van der Waals surface area contributed by atoms with Crippen molar-refractivity contribution < 1.29 is 4.79 Å². The van der Waals surface area contributed by atoms with Crippen LogP contribution in [0.15, 0.2) is 0 Å². The van der Waals surface area contributed by atoms with Crippen molar-refractivity contribution >= 4 is 17.7 Å². The smallest absolute Gasteiger partial charge is 0.224 e. The van der Waals surface area contributed by atoms with E-state index < -0.39 is 0 Å². The molecule has 1 saturated carbocycles. The van der Waals surface area contributed by atoms with E-state index in [1.807, 2.05) is 16.7 Å². The molecule has 0 aromatic carbocycles. The van der Waals surface area contributed by atoms with E-state index in [1.54, 1.807) is 0 Å². The standard InChI is InChI=1S/C12H22N2OS/c13-12(4-2-1-3-5-12)10-11(15)14-6-8-16-9-7-14/h1-10,13H2. The first kappa shape index (κ1) is 12.2. The SMILES string of the molecule is NC1(CC(=O)N2CCSCC2)CCCCC1. The second kappa shape index (κ2) is 5.41. The highest BCUT2D eigenvalue weighted by Gasteiger charge is 2.32. The van der Waals surface area contributed by atoms with Crippen LogP contribution in [0, 0.1) is 0 Å². The Bertz CT molecular complexity index is 245. The summed E-state index contributed by atoms with van der Waals surface area (Å²) in [5, 5.41) is 0. The van der Waals surface area contributed by atoms with Crippen LogP contribution >= 0.6 is 11.8 Å². The molecule has 0 spiro atoms. The lowest BCUT2D eigenvalue weighted by Gasteiger charge is -2.35. The summed E-state index contributed by atoms with van der Waals surface area (Å²) >= 11 is 1.94. The van der Waals surface area contributed by atoms with Crippen molar-refractivity contribution in [3.63, 3.8) is 0 Å². The highest BCUT2D eigenvalue weighted by atomic mass is 32.2. The van der Waals surface area contributed by atoms with Gasteiger partial charge in [-0.3, -0.25) is 4.79 Å². The summed E-state index contributed by atoms with van der Waals surface area (Å²) in [5.74, 6) is 2.46. The van der Waals surface area contributed by atoms with Gasteiger partial charge in [0.1, 0.15) is 0 Å². The molecule has 1 aliphatic carbocycles. The van der Waals surface area contributed by atoms with Gasteiger partial charge in [0.05, 0.1) is 0 Å². The fourth-order valence-electron chi connectivity index (χ4n) is 2.66. The molecule has 1 saturated heterocycles. The summed E-state index contributed by atoms with van der Waals surface area (Å²) < 4.78 is 0. The molecule has 2 rings (SSSR count). The number of thioether (sulfide) groups is 1. The normalized spacial score (nSPS) is 25.4. The molecule has 0 atom stereocenters. The van der Waals surface area contributed by atoms with Crippen LogP contribution in [0.25, 0.3) is 0 Å². The minimum absolute atomic E-state index is 0.195. The van der Waals surface area contributed by atoms with Gasteiger partial charge >= 0.3 is 0 Å². The van der Waals surface area contributed by atoms with Crippen molar-refractivity contribution in [3.05, 3.63) is 0 Å². The van der Waals surface area contributed by atoms with Crippen LogP contribution in [0.5, 0.6) is 0 Å². The average Bonchev–Trinajstić information content (AvgIpc) is 2.30. The summed E-state index contributed by atoms with van der Waals surface area (Å²) in [4.78, 5) is 14.1. The van der Waals surface area contributed by atoms with Crippen LogP contribution in [-0.4, -0.2) is 40.9 Å². The van der Waals surface area contributed by atoms with E-state index in [4.69, 9.17) is 5.73 Å². The molecule has 0 bridgehead atoms. The van der Waals surface area contributed by atoms with Gasteiger partial charge in [0.2, 0.25) is 5.91 Å². The average molecular weight is 242 g/mol.